The third-order valence-corrected chi connectivity index (χ3v) is 5.34. The molecule has 0 aromatic heterocycles. The summed E-state index contributed by atoms with van der Waals surface area (Å²) in [7, 11) is 0. The first-order valence-electron chi connectivity index (χ1n) is 9.29. The molecule has 5 heteroatoms. The van der Waals surface area contributed by atoms with E-state index in [1.807, 2.05) is 0 Å². The molecule has 0 spiro atoms. The smallest absolute Gasteiger partial charge is 0.0642 e. The largest absolute Gasteiger partial charge is 0.395 e. The molecule has 1 atom stereocenters. The van der Waals surface area contributed by atoms with Gasteiger partial charge >= 0.3 is 0 Å². The van der Waals surface area contributed by atoms with Gasteiger partial charge in [-0.1, -0.05) is 25.1 Å². The lowest BCUT2D eigenvalue weighted by Crippen LogP contribution is -2.51. The molecular formula is C19H31N3O2. The van der Waals surface area contributed by atoms with Crippen molar-refractivity contribution >= 4 is 5.69 Å². The summed E-state index contributed by atoms with van der Waals surface area (Å²) in [6.07, 6.45) is 1.02. The van der Waals surface area contributed by atoms with Crippen LogP contribution in [0.5, 0.6) is 0 Å². The van der Waals surface area contributed by atoms with Gasteiger partial charge < -0.3 is 14.7 Å². The molecule has 2 aliphatic heterocycles. The number of aliphatic hydroxyl groups excluding tert-OH is 1. The first-order chi connectivity index (χ1) is 11.8. The molecule has 2 aliphatic rings. The van der Waals surface area contributed by atoms with Crippen LogP contribution in [-0.4, -0.2) is 80.0 Å². The third kappa shape index (κ3) is 4.28. The van der Waals surface area contributed by atoms with Gasteiger partial charge in [0, 0.05) is 57.5 Å². The van der Waals surface area contributed by atoms with E-state index in [0.717, 1.165) is 65.4 Å². The van der Waals surface area contributed by atoms with Crippen LogP contribution in [0.2, 0.25) is 0 Å². The minimum atomic E-state index is 0.274. The molecule has 1 unspecified atom stereocenters. The second-order valence-electron chi connectivity index (χ2n) is 6.78. The minimum Gasteiger partial charge on any atom is -0.395 e. The molecule has 0 radical (unpaired) electrons. The van der Waals surface area contributed by atoms with Gasteiger partial charge in [0.25, 0.3) is 0 Å². The van der Waals surface area contributed by atoms with Crippen LogP contribution in [0.4, 0.5) is 5.69 Å². The lowest BCUT2D eigenvalue weighted by Gasteiger charge is -2.39. The predicted octanol–water partition coefficient (Wildman–Crippen LogP) is 1.41. The molecule has 0 bridgehead atoms. The number of piperazine rings is 1. The highest BCUT2D eigenvalue weighted by molar-refractivity contribution is 5.53. The number of ether oxygens (including phenoxy) is 1. The zero-order valence-corrected chi connectivity index (χ0v) is 14.9. The molecular weight excluding hydrogens is 302 g/mol. The highest BCUT2D eigenvalue weighted by atomic mass is 16.5. The summed E-state index contributed by atoms with van der Waals surface area (Å²) in [4.78, 5) is 7.43. The fraction of sp³-hybridized carbons (Fsp3) is 0.684. The van der Waals surface area contributed by atoms with E-state index in [1.54, 1.807) is 0 Å². The number of aliphatic hydroxyl groups is 1. The second-order valence-corrected chi connectivity index (χ2v) is 6.78. The fourth-order valence-electron chi connectivity index (χ4n) is 3.79. The molecule has 2 heterocycles. The lowest BCUT2D eigenvalue weighted by atomic mass is 10.1. The van der Waals surface area contributed by atoms with Crippen LogP contribution in [0.15, 0.2) is 24.3 Å². The first kappa shape index (κ1) is 17.7. The van der Waals surface area contributed by atoms with Crippen LogP contribution >= 0.6 is 0 Å². The molecule has 0 saturated carbocycles. The molecule has 2 saturated heterocycles. The van der Waals surface area contributed by atoms with Crippen molar-refractivity contribution in [3.8, 4) is 0 Å². The minimum absolute atomic E-state index is 0.274. The maximum absolute atomic E-state index is 9.49. The van der Waals surface area contributed by atoms with Gasteiger partial charge in [0.1, 0.15) is 0 Å². The number of rotatable bonds is 6. The number of nitrogens with zero attached hydrogens (tertiary/aromatic N) is 3. The van der Waals surface area contributed by atoms with Gasteiger partial charge in [-0.05, 0) is 18.1 Å². The molecule has 24 heavy (non-hydrogen) atoms. The quantitative estimate of drug-likeness (QED) is 0.852. The summed E-state index contributed by atoms with van der Waals surface area (Å²) < 4.78 is 5.49. The average molecular weight is 333 g/mol. The molecule has 5 nitrogen and oxygen atoms in total. The Balaban J connectivity index is 1.59. The van der Waals surface area contributed by atoms with Gasteiger partial charge in [0.15, 0.2) is 0 Å². The van der Waals surface area contributed by atoms with Crippen LogP contribution < -0.4 is 4.90 Å². The standard InChI is InChI=1S/C19H31N3O2/c1-2-18(16-23)21-9-7-20(8-10-21)15-17-5-3-4-6-19(17)22-11-13-24-14-12-22/h3-6,18,23H,2,7-16H2,1H3. The number of morpholine rings is 1. The van der Waals surface area contributed by atoms with Crippen molar-refractivity contribution < 1.29 is 9.84 Å². The zero-order chi connectivity index (χ0) is 16.8. The van der Waals surface area contributed by atoms with Gasteiger partial charge in [0.05, 0.1) is 19.8 Å². The summed E-state index contributed by atoms with van der Waals surface area (Å²) in [6, 6.07) is 9.12. The zero-order valence-electron chi connectivity index (χ0n) is 14.9. The first-order valence-corrected chi connectivity index (χ1v) is 9.29. The van der Waals surface area contributed by atoms with Crippen molar-refractivity contribution in [3.63, 3.8) is 0 Å². The van der Waals surface area contributed by atoms with E-state index in [2.05, 4.69) is 45.9 Å². The molecule has 134 valence electrons. The van der Waals surface area contributed by atoms with Crippen LogP contribution in [0.25, 0.3) is 0 Å². The molecule has 1 N–H and O–H groups in total. The van der Waals surface area contributed by atoms with E-state index in [9.17, 15) is 5.11 Å². The lowest BCUT2D eigenvalue weighted by molar-refractivity contribution is 0.0608. The third-order valence-electron chi connectivity index (χ3n) is 5.34. The Bertz CT molecular complexity index is 493. The van der Waals surface area contributed by atoms with Crippen LogP contribution in [0.1, 0.15) is 18.9 Å². The van der Waals surface area contributed by atoms with E-state index in [0.29, 0.717) is 6.04 Å². The maximum Gasteiger partial charge on any atom is 0.0642 e. The summed E-state index contributed by atoms with van der Waals surface area (Å²) in [5, 5.41) is 9.49. The van der Waals surface area contributed by atoms with Gasteiger partial charge in [-0.2, -0.15) is 0 Å². The van der Waals surface area contributed by atoms with E-state index in [4.69, 9.17) is 4.74 Å². The number of benzene rings is 1. The van der Waals surface area contributed by atoms with Crippen molar-refractivity contribution in [2.75, 3.05) is 64.0 Å². The highest BCUT2D eigenvalue weighted by Gasteiger charge is 2.23. The fourth-order valence-corrected chi connectivity index (χ4v) is 3.79. The summed E-state index contributed by atoms with van der Waals surface area (Å²) in [5.74, 6) is 0. The summed E-state index contributed by atoms with van der Waals surface area (Å²) in [6.45, 7) is 11.3. The van der Waals surface area contributed by atoms with Crippen molar-refractivity contribution in [2.45, 2.75) is 25.9 Å². The van der Waals surface area contributed by atoms with Gasteiger partial charge in [-0.15, -0.1) is 0 Å². The molecule has 3 rings (SSSR count). The number of anilines is 1. The normalized spacial score (nSPS) is 21.8. The Hall–Kier alpha value is -1.14. The van der Waals surface area contributed by atoms with E-state index >= 15 is 0 Å². The Morgan fingerprint density at radius 2 is 1.75 bits per heavy atom. The predicted molar refractivity (Wildman–Crippen MR) is 97.5 cm³/mol. The van der Waals surface area contributed by atoms with Crippen molar-refractivity contribution in [2.24, 2.45) is 0 Å². The van der Waals surface area contributed by atoms with Crippen LogP contribution in [0, 0.1) is 0 Å². The summed E-state index contributed by atoms with van der Waals surface area (Å²) in [5.41, 5.74) is 2.78. The monoisotopic (exact) mass is 333 g/mol. The molecule has 1 aromatic rings. The van der Waals surface area contributed by atoms with E-state index < -0.39 is 0 Å². The Morgan fingerprint density at radius 1 is 1.04 bits per heavy atom. The Morgan fingerprint density at radius 3 is 2.42 bits per heavy atom. The Kier molecular flexibility index (Phi) is 6.49. The van der Waals surface area contributed by atoms with Crippen LogP contribution in [0.3, 0.4) is 0 Å². The molecule has 0 aliphatic carbocycles. The Labute approximate surface area is 145 Å². The molecule has 0 amide bonds. The SMILES string of the molecule is CCC(CO)N1CCN(Cc2ccccc2N2CCOCC2)CC1. The van der Waals surface area contributed by atoms with E-state index in [1.165, 1.54) is 11.3 Å². The van der Waals surface area contributed by atoms with E-state index in [-0.39, 0.29) is 6.61 Å². The topological polar surface area (TPSA) is 39.2 Å². The maximum atomic E-state index is 9.49. The number of hydrogen-bond donors (Lipinski definition) is 1. The highest BCUT2D eigenvalue weighted by Crippen LogP contribution is 2.23. The van der Waals surface area contributed by atoms with Crippen molar-refractivity contribution in [3.05, 3.63) is 29.8 Å². The van der Waals surface area contributed by atoms with Gasteiger partial charge in [0.2, 0.25) is 0 Å². The molecule has 2 fully saturated rings. The van der Waals surface area contributed by atoms with Crippen molar-refractivity contribution in [1.29, 1.82) is 0 Å². The van der Waals surface area contributed by atoms with Gasteiger partial charge in [-0.25, -0.2) is 0 Å². The van der Waals surface area contributed by atoms with Gasteiger partial charge in [-0.3, -0.25) is 9.80 Å². The number of para-hydroxylation sites is 1. The molecule has 1 aromatic carbocycles. The summed E-state index contributed by atoms with van der Waals surface area (Å²) >= 11 is 0. The average Bonchev–Trinajstić information content (AvgIpc) is 2.65. The second kappa shape index (κ2) is 8.81. The van der Waals surface area contributed by atoms with Crippen LogP contribution in [-0.2, 0) is 11.3 Å². The van der Waals surface area contributed by atoms with Crippen molar-refractivity contribution in [1.82, 2.24) is 9.80 Å². The number of hydrogen-bond acceptors (Lipinski definition) is 5.